The number of aromatic nitrogens is 2. The number of amides is 1. The standard InChI is InChI=1S/C22H29N3O2/c1-3-27-16-20-14-23-17(2)24-22(20)19-10-7-13-25(15-19)21(26)12-11-18-8-5-4-6-9-18/h4-6,8-9,14,19H,3,7,10-13,15-16H2,1-2H3. The van der Waals surface area contributed by atoms with Crippen molar-refractivity contribution in [3.05, 3.63) is 59.2 Å². The molecule has 1 aliphatic heterocycles. The van der Waals surface area contributed by atoms with Crippen LogP contribution in [0.1, 0.15) is 54.7 Å². The van der Waals surface area contributed by atoms with Gasteiger partial charge in [-0.3, -0.25) is 4.79 Å². The number of hydrogen-bond acceptors (Lipinski definition) is 4. The van der Waals surface area contributed by atoms with Gasteiger partial charge < -0.3 is 9.64 Å². The molecule has 2 aromatic rings. The van der Waals surface area contributed by atoms with Crippen molar-refractivity contribution in [3.8, 4) is 0 Å². The molecule has 0 radical (unpaired) electrons. The van der Waals surface area contributed by atoms with E-state index in [2.05, 4.69) is 17.1 Å². The van der Waals surface area contributed by atoms with Gasteiger partial charge in [0.25, 0.3) is 0 Å². The van der Waals surface area contributed by atoms with Crippen LogP contribution in [0.3, 0.4) is 0 Å². The van der Waals surface area contributed by atoms with Crippen LogP contribution in [0.5, 0.6) is 0 Å². The van der Waals surface area contributed by atoms with Crippen LogP contribution in [0.25, 0.3) is 0 Å². The lowest BCUT2D eigenvalue weighted by molar-refractivity contribution is -0.132. The Morgan fingerprint density at radius 1 is 1.30 bits per heavy atom. The summed E-state index contributed by atoms with van der Waals surface area (Å²) in [5.41, 5.74) is 3.31. The quantitative estimate of drug-likeness (QED) is 0.749. The second kappa shape index (κ2) is 9.60. The Kier molecular flexibility index (Phi) is 6.93. The molecule has 5 heteroatoms. The number of ether oxygens (including phenoxy) is 1. The second-order valence-electron chi connectivity index (χ2n) is 7.13. The van der Waals surface area contributed by atoms with E-state index >= 15 is 0 Å². The molecule has 1 aromatic heterocycles. The van der Waals surface area contributed by atoms with Gasteiger partial charge in [0.15, 0.2) is 0 Å². The molecule has 5 nitrogen and oxygen atoms in total. The third-order valence-corrected chi connectivity index (χ3v) is 5.11. The van der Waals surface area contributed by atoms with Crippen LogP contribution >= 0.6 is 0 Å². The molecule has 1 fully saturated rings. The Balaban J connectivity index is 1.65. The molecule has 1 saturated heterocycles. The molecule has 0 spiro atoms. The molecular formula is C22H29N3O2. The lowest BCUT2D eigenvalue weighted by Gasteiger charge is -2.33. The fourth-order valence-electron chi connectivity index (χ4n) is 3.67. The maximum Gasteiger partial charge on any atom is 0.222 e. The summed E-state index contributed by atoms with van der Waals surface area (Å²) in [7, 11) is 0. The van der Waals surface area contributed by atoms with Crippen LogP contribution in [0.15, 0.2) is 36.5 Å². The monoisotopic (exact) mass is 367 g/mol. The molecule has 3 rings (SSSR count). The third-order valence-electron chi connectivity index (χ3n) is 5.11. The van der Waals surface area contributed by atoms with Gasteiger partial charge in [-0.25, -0.2) is 9.97 Å². The molecule has 1 atom stereocenters. The van der Waals surface area contributed by atoms with Crippen molar-refractivity contribution in [3.63, 3.8) is 0 Å². The topological polar surface area (TPSA) is 55.3 Å². The van der Waals surface area contributed by atoms with Crippen molar-refractivity contribution in [2.24, 2.45) is 0 Å². The molecule has 0 N–H and O–H groups in total. The predicted molar refractivity (Wildman–Crippen MR) is 105 cm³/mol. The lowest BCUT2D eigenvalue weighted by atomic mass is 9.91. The number of aryl methyl sites for hydroxylation is 2. The van der Waals surface area contributed by atoms with Gasteiger partial charge in [-0.05, 0) is 38.7 Å². The Morgan fingerprint density at radius 2 is 2.11 bits per heavy atom. The smallest absolute Gasteiger partial charge is 0.222 e. The van der Waals surface area contributed by atoms with Crippen molar-refractivity contribution < 1.29 is 9.53 Å². The summed E-state index contributed by atoms with van der Waals surface area (Å²) in [6.45, 7) is 6.69. The zero-order valence-electron chi connectivity index (χ0n) is 16.4. The minimum Gasteiger partial charge on any atom is -0.377 e. The summed E-state index contributed by atoms with van der Waals surface area (Å²) < 4.78 is 5.59. The molecule has 1 aliphatic rings. The van der Waals surface area contributed by atoms with Gasteiger partial charge in [-0.1, -0.05) is 30.3 Å². The van der Waals surface area contributed by atoms with E-state index in [9.17, 15) is 4.79 Å². The molecule has 0 saturated carbocycles. The largest absolute Gasteiger partial charge is 0.377 e. The first-order valence-electron chi connectivity index (χ1n) is 9.89. The highest BCUT2D eigenvalue weighted by Gasteiger charge is 2.27. The maximum absolute atomic E-state index is 12.7. The SMILES string of the molecule is CCOCc1cnc(C)nc1C1CCCN(C(=O)CCc2ccccc2)C1. The first kappa shape index (κ1) is 19.5. The van der Waals surface area contributed by atoms with E-state index in [1.807, 2.05) is 43.1 Å². The Morgan fingerprint density at radius 3 is 2.89 bits per heavy atom. The number of benzene rings is 1. The fourth-order valence-corrected chi connectivity index (χ4v) is 3.67. The summed E-state index contributed by atoms with van der Waals surface area (Å²) in [6.07, 6.45) is 5.30. The number of nitrogens with zero attached hydrogens (tertiary/aromatic N) is 3. The molecule has 0 aliphatic carbocycles. The summed E-state index contributed by atoms with van der Waals surface area (Å²) in [4.78, 5) is 23.8. The van der Waals surface area contributed by atoms with Gasteiger partial charge in [0.05, 0.1) is 12.3 Å². The first-order chi connectivity index (χ1) is 13.2. The number of carbonyl (C=O) groups is 1. The lowest BCUT2D eigenvalue weighted by Crippen LogP contribution is -2.39. The van der Waals surface area contributed by atoms with E-state index < -0.39 is 0 Å². The number of piperidine rings is 1. The average molecular weight is 367 g/mol. The van der Waals surface area contributed by atoms with Crippen molar-refractivity contribution in [2.75, 3.05) is 19.7 Å². The minimum atomic E-state index is 0.237. The molecule has 27 heavy (non-hydrogen) atoms. The highest BCUT2D eigenvalue weighted by Crippen LogP contribution is 2.28. The van der Waals surface area contributed by atoms with Gasteiger partial charge in [-0.2, -0.15) is 0 Å². The van der Waals surface area contributed by atoms with Crippen molar-refractivity contribution in [1.29, 1.82) is 0 Å². The molecule has 2 heterocycles. The van der Waals surface area contributed by atoms with E-state index in [-0.39, 0.29) is 11.8 Å². The van der Waals surface area contributed by atoms with Crippen LogP contribution < -0.4 is 0 Å². The molecular weight excluding hydrogens is 338 g/mol. The number of likely N-dealkylation sites (tertiary alicyclic amines) is 1. The summed E-state index contributed by atoms with van der Waals surface area (Å²) >= 11 is 0. The average Bonchev–Trinajstić information content (AvgIpc) is 2.72. The number of hydrogen-bond donors (Lipinski definition) is 0. The normalized spacial score (nSPS) is 17.1. The van der Waals surface area contributed by atoms with Crippen LogP contribution in [0.4, 0.5) is 0 Å². The molecule has 0 bridgehead atoms. The second-order valence-corrected chi connectivity index (χ2v) is 7.13. The third kappa shape index (κ3) is 5.36. The predicted octanol–water partition coefficient (Wildman–Crippen LogP) is 3.66. The maximum atomic E-state index is 12.7. The van der Waals surface area contributed by atoms with E-state index in [0.717, 1.165) is 49.4 Å². The molecule has 1 amide bonds. The Hall–Kier alpha value is -2.27. The van der Waals surface area contributed by atoms with E-state index in [0.29, 0.717) is 19.6 Å². The molecule has 1 aromatic carbocycles. The number of carbonyl (C=O) groups excluding carboxylic acids is 1. The van der Waals surface area contributed by atoms with E-state index in [1.165, 1.54) is 5.56 Å². The van der Waals surface area contributed by atoms with Crippen LogP contribution in [-0.4, -0.2) is 40.5 Å². The summed E-state index contributed by atoms with van der Waals surface area (Å²) in [6, 6.07) is 10.2. The van der Waals surface area contributed by atoms with E-state index in [1.54, 1.807) is 0 Å². The summed E-state index contributed by atoms with van der Waals surface area (Å²) in [5.74, 6) is 1.27. The molecule has 1 unspecified atom stereocenters. The van der Waals surface area contributed by atoms with E-state index in [4.69, 9.17) is 9.72 Å². The zero-order chi connectivity index (χ0) is 19.1. The van der Waals surface area contributed by atoms with Gasteiger partial charge >= 0.3 is 0 Å². The highest BCUT2D eigenvalue weighted by atomic mass is 16.5. The summed E-state index contributed by atoms with van der Waals surface area (Å²) in [5, 5.41) is 0. The molecule has 144 valence electrons. The zero-order valence-corrected chi connectivity index (χ0v) is 16.4. The van der Waals surface area contributed by atoms with Gasteiger partial charge in [0.2, 0.25) is 5.91 Å². The Labute approximate surface area is 161 Å². The fraction of sp³-hybridized carbons (Fsp3) is 0.500. The van der Waals surface area contributed by atoms with Crippen molar-refractivity contribution in [1.82, 2.24) is 14.9 Å². The van der Waals surface area contributed by atoms with Crippen molar-refractivity contribution in [2.45, 2.75) is 52.1 Å². The van der Waals surface area contributed by atoms with Gasteiger partial charge in [0.1, 0.15) is 5.82 Å². The minimum absolute atomic E-state index is 0.237. The van der Waals surface area contributed by atoms with Gasteiger partial charge in [0, 0.05) is 43.8 Å². The van der Waals surface area contributed by atoms with Gasteiger partial charge in [-0.15, -0.1) is 0 Å². The van der Waals surface area contributed by atoms with Crippen LogP contribution in [0, 0.1) is 6.92 Å². The van der Waals surface area contributed by atoms with Crippen LogP contribution in [0.2, 0.25) is 0 Å². The van der Waals surface area contributed by atoms with Crippen LogP contribution in [-0.2, 0) is 22.6 Å². The Bertz CT molecular complexity index is 748. The first-order valence-corrected chi connectivity index (χ1v) is 9.89. The number of rotatable bonds is 7. The van der Waals surface area contributed by atoms with Crippen molar-refractivity contribution >= 4 is 5.91 Å². The highest BCUT2D eigenvalue weighted by molar-refractivity contribution is 5.76.